The molecule has 0 saturated heterocycles. The van der Waals surface area contributed by atoms with Gasteiger partial charge in [0.2, 0.25) is 5.91 Å². The van der Waals surface area contributed by atoms with E-state index in [-0.39, 0.29) is 5.91 Å². The molecule has 0 spiro atoms. The van der Waals surface area contributed by atoms with Crippen LogP contribution in [0.5, 0.6) is 0 Å². The normalized spacial score (nSPS) is 19.9. The molecule has 1 aliphatic carbocycles. The zero-order valence-corrected chi connectivity index (χ0v) is 16.9. The Bertz CT molecular complexity index is 918. The summed E-state index contributed by atoms with van der Waals surface area (Å²) >= 11 is 7.29. The predicted octanol–water partition coefficient (Wildman–Crippen LogP) is 3.82. The van der Waals surface area contributed by atoms with Crippen LogP contribution < -0.4 is 10.4 Å². The lowest BCUT2D eigenvalue weighted by atomic mass is 9.76. The van der Waals surface area contributed by atoms with Gasteiger partial charge in [0.25, 0.3) is 0 Å². The second-order valence-electron chi connectivity index (χ2n) is 6.92. The maximum Gasteiger partial charge on any atom is 0.230 e. The standard InChI is InChI=1S/C20H21ClN2O3S/c1-10-8-15(16(19(25)26)9-11(10)2)18(24)23-20-22-17(12(3)27-20)13-4-6-14(21)7-5-13/h4-7,15-16H,8-9H2,1-3H3,(H,25,26)(H,22,23,24)/p-1. The summed E-state index contributed by atoms with van der Waals surface area (Å²) in [4.78, 5) is 29.7. The molecule has 1 amide bonds. The first-order valence-electron chi connectivity index (χ1n) is 8.66. The van der Waals surface area contributed by atoms with E-state index in [1.54, 1.807) is 12.1 Å². The number of nitrogens with zero attached hydrogens (tertiary/aromatic N) is 1. The number of anilines is 1. The number of thiazole rings is 1. The van der Waals surface area contributed by atoms with Crippen molar-refractivity contribution >= 4 is 39.9 Å². The number of carbonyl (C=O) groups is 2. The molecule has 0 aliphatic heterocycles. The number of carbonyl (C=O) groups excluding carboxylic acids is 2. The number of halogens is 1. The lowest BCUT2D eigenvalue weighted by molar-refractivity contribution is -0.313. The number of rotatable bonds is 4. The third-order valence-corrected chi connectivity index (χ3v) is 6.19. The summed E-state index contributed by atoms with van der Waals surface area (Å²) in [6.07, 6.45) is 0.768. The Balaban J connectivity index is 1.81. The van der Waals surface area contributed by atoms with Gasteiger partial charge in [0.15, 0.2) is 5.13 Å². The minimum Gasteiger partial charge on any atom is -0.550 e. The van der Waals surface area contributed by atoms with Gasteiger partial charge in [0, 0.05) is 27.4 Å². The van der Waals surface area contributed by atoms with Gasteiger partial charge in [-0.3, -0.25) is 4.79 Å². The van der Waals surface area contributed by atoms with Gasteiger partial charge in [-0.2, -0.15) is 0 Å². The van der Waals surface area contributed by atoms with Gasteiger partial charge in [-0.25, -0.2) is 4.98 Å². The lowest BCUT2D eigenvalue weighted by Crippen LogP contribution is -2.42. The van der Waals surface area contributed by atoms with Gasteiger partial charge in [-0.15, -0.1) is 11.3 Å². The quantitative estimate of drug-likeness (QED) is 0.786. The van der Waals surface area contributed by atoms with Crippen LogP contribution in [-0.2, 0) is 9.59 Å². The summed E-state index contributed by atoms with van der Waals surface area (Å²) in [6.45, 7) is 5.77. The lowest BCUT2D eigenvalue weighted by Gasteiger charge is -2.32. The molecule has 1 aromatic carbocycles. The van der Waals surface area contributed by atoms with Crippen LogP contribution in [0.4, 0.5) is 5.13 Å². The molecule has 3 rings (SSSR count). The van der Waals surface area contributed by atoms with Crippen LogP contribution in [0, 0.1) is 18.8 Å². The Morgan fingerprint density at radius 3 is 2.30 bits per heavy atom. The van der Waals surface area contributed by atoms with Gasteiger partial charge in [-0.1, -0.05) is 34.9 Å². The number of aryl methyl sites for hydroxylation is 1. The zero-order valence-electron chi connectivity index (χ0n) is 15.3. The van der Waals surface area contributed by atoms with Crippen LogP contribution in [0.25, 0.3) is 11.3 Å². The number of benzene rings is 1. The van der Waals surface area contributed by atoms with E-state index in [1.807, 2.05) is 32.9 Å². The molecule has 1 aliphatic rings. The molecule has 142 valence electrons. The maximum atomic E-state index is 12.8. The van der Waals surface area contributed by atoms with Crippen LogP contribution in [0.1, 0.15) is 31.6 Å². The highest BCUT2D eigenvalue weighted by molar-refractivity contribution is 7.16. The summed E-state index contributed by atoms with van der Waals surface area (Å²) < 4.78 is 0. The van der Waals surface area contributed by atoms with E-state index in [0.717, 1.165) is 27.3 Å². The van der Waals surface area contributed by atoms with Crippen molar-refractivity contribution < 1.29 is 14.7 Å². The van der Waals surface area contributed by atoms with Crippen molar-refractivity contribution in [3.8, 4) is 11.3 Å². The second-order valence-corrected chi connectivity index (χ2v) is 8.56. The number of carboxylic acids is 1. The first-order valence-corrected chi connectivity index (χ1v) is 9.86. The van der Waals surface area contributed by atoms with Gasteiger partial charge >= 0.3 is 0 Å². The molecule has 5 nitrogen and oxygen atoms in total. The minimum absolute atomic E-state index is 0.326. The van der Waals surface area contributed by atoms with Crippen molar-refractivity contribution in [2.75, 3.05) is 5.32 Å². The van der Waals surface area contributed by atoms with Gasteiger partial charge in [0.05, 0.1) is 11.6 Å². The zero-order chi connectivity index (χ0) is 19.7. The second kappa shape index (κ2) is 7.82. The molecule has 1 N–H and O–H groups in total. The smallest absolute Gasteiger partial charge is 0.230 e. The third-order valence-electron chi connectivity index (χ3n) is 5.05. The van der Waals surface area contributed by atoms with Crippen LogP contribution in [0.3, 0.4) is 0 Å². The van der Waals surface area contributed by atoms with Gasteiger partial charge in [-0.05, 0) is 45.7 Å². The van der Waals surface area contributed by atoms with E-state index in [4.69, 9.17) is 11.6 Å². The molecule has 1 heterocycles. The predicted molar refractivity (Wildman–Crippen MR) is 106 cm³/mol. The van der Waals surface area contributed by atoms with Crippen LogP contribution in [0.15, 0.2) is 35.4 Å². The molecule has 0 bridgehead atoms. The average molecular weight is 404 g/mol. The molecule has 0 fully saturated rings. The Labute approximate surface area is 167 Å². The first kappa shape index (κ1) is 19.6. The average Bonchev–Trinajstić information content (AvgIpc) is 2.97. The number of carboxylic acid groups (broad SMARTS) is 1. The van der Waals surface area contributed by atoms with Gasteiger partial charge < -0.3 is 15.2 Å². The van der Waals surface area contributed by atoms with Crippen molar-refractivity contribution in [1.29, 1.82) is 0 Å². The summed E-state index contributed by atoms with van der Waals surface area (Å²) in [6, 6.07) is 7.33. The monoisotopic (exact) mass is 403 g/mol. The van der Waals surface area contributed by atoms with E-state index in [1.165, 1.54) is 11.3 Å². The number of hydrogen-bond donors (Lipinski definition) is 1. The Morgan fingerprint density at radius 2 is 1.70 bits per heavy atom. The number of hydrogen-bond acceptors (Lipinski definition) is 5. The summed E-state index contributed by atoms with van der Waals surface area (Å²) in [7, 11) is 0. The largest absolute Gasteiger partial charge is 0.550 e. The number of nitrogens with one attached hydrogen (secondary N) is 1. The molecule has 27 heavy (non-hydrogen) atoms. The molecular formula is C20H20ClN2O3S-. The van der Waals surface area contributed by atoms with E-state index < -0.39 is 17.8 Å². The van der Waals surface area contributed by atoms with E-state index >= 15 is 0 Å². The highest BCUT2D eigenvalue weighted by Gasteiger charge is 2.34. The number of amides is 1. The van der Waals surface area contributed by atoms with Gasteiger partial charge in [0.1, 0.15) is 0 Å². The fourth-order valence-corrected chi connectivity index (χ4v) is 4.30. The van der Waals surface area contributed by atoms with Crippen LogP contribution >= 0.6 is 22.9 Å². The fraction of sp³-hybridized carbons (Fsp3) is 0.350. The van der Waals surface area contributed by atoms with Crippen LogP contribution in [-0.4, -0.2) is 16.9 Å². The molecule has 7 heteroatoms. The fourth-order valence-electron chi connectivity index (χ4n) is 3.34. The van der Waals surface area contributed by atoms with Crippen molar-refractivity contribution in [1.82, 2.24) is 4.98 Å². The molecule has 0 radical (unpaired) electrons. The molecule has 1 aromatic heterocycles. The first-order chi connectivity index (χ1) is 12.8. The van der Waals surface area contributed by atoms with Crippen molar-refractivity contribution in [3.05, 3.63) is 45.3 Å². The molecule has 2 aromatic rings. The summed E-state index contributed by atoms with van der Waals surface area (Å²) in [5.74, 6) is -2.97. The maximum absolute atomic E-state index is 12.8. The highest BCUT2D eigenvalue weighted by atomic mass is 35.5. The topological polar surface area (TPSA) is 82.1 Å². The van der Waals surface area contributed by atoms with E-state index in [0.29, 0.717) is 23.0 Å². The molecular weight excluding hydrogens is 384 g/mol. The SMILES string of the molecule is CC1=C(C)CC(C(=O)Nc2nc(-c3ccc(Cl)cc3)c(C)s2)C(C(=O)[O-])C1. The number of aliphatic carboxylic acids is 1. The number of allylic oxidation sites excluding steroid dienone is 2. The molecule has 0 saturated carbocycles. The minimum atomic E-state index is -1.18. The Hall–Kier alpha value is -2.18. The Kier molecular flexibility index (Phi) is 5.67. The van der Waals surface area contributed by atoms with E-state index in [2.05, 4.69) is 10.3 Å². The molecule has 2 unspecified atom stereocenters. The number of aromatic nitrogens is 1. The van der Waals surface area contributed by atoms with Crippen molar-refractivity contribution in [2.45, 2.75) is 33.6 Å². The van der Waals surface area contributed by atoms with Crippen molar-refractivity contribution in [2.24, 2.45) is 11.8 Å². The van der Waals surface area contributed by atoms with Crippen LogP contribution in [0.2, 0.25) is 5.02 Å². The Morgan fingerprint density at radius 1 is 1.11 bits per heavy atom. The van der Waals surface area contributed by atoms with E-state index in [9.17, 15) is 14.7 Å². The summed E-state index contributed by atoms with van der Waals surface area (Å²) in [5.41, 5.74) is 3.76. The third kappa shape index (κ3) is 4.22. The highest BCUT2D eigenvalue weighted by Crippen LogP contribution is 2.36. The molecule has 2 atom stereocenters. The van der Waals surface area contributed by atoms with Crippen molar-refractivity contribution in [3.63, 3.8) is 0 Å². The summed E-state index contributed by atoms with van der Waals surface area (Å²) in [5, 5.41) is 15.4.